The van der Waals surface area contributed by atoms with Gasteiger partial charge in [0.2, 0.25) is 0 Å². The van der Waals surface area contributed by atoms with Crippen molar-refractivity contribution < 1.29 is 4.42 Å². The predicted molar refractivity (Wildman–Crippen MR) is 100 cm³/mol. The molecule has 23 heavy (non-hydrogen) atoms. The van der Waals surface area contributed by atoms with Crippen LogP contribution in [0.3, 0.4) is 0 Å². The Morgan fingerprint density at radius 3 is 2.91 bits per heavy atom. The van der Waals surface area contributed by atoms with Crippen molar-refractivity contribution in [1.29, 1.82) is 0 Å². The molecule has 2 atom stereocenters. The molecule has 2 aliphatic rings. The summed E-state index contributed by atoms with van der Waals surface area (Å²) in [6, 6.07) is 4.57. The van der Waals surface area contributed by atoms with Gasteiger partial charge in [-0.1, -0.05) is 0 Å². The second kappa shape index (κ2) is 6.54. The molecule has 2 N–H and O–H groups in total. The lowest BCUT2D eigenvalue weighted by Gasteiger charge is -2.11. The average molecular weight is 427 g/mol. The number of rotatable bonds is 4. The van der Waals surface area contributed by atoms with Crippen molar-refractivity contribution in [3.63, 3.8) is 0 Å². The largest absolute Gasteiger partial charge is 0.464 e. The van der Waals surface area contributed by atoms with Gasteiger partial charge in [0.25, 0.3) is 0 Å². The highest BCUT2D eigenvalue weighted by Gasteiger charge is 2.29. The van der Waals surface area contributed by atoms with E-state index in [1.165, 1.54) is 12.8 Å². The van der Waals surface area contributed by atoms with E-state index in [1.807, 2.05) is 29.9 Å². The fraction of sp³-hybridized carbons (Fsp3) is 0.500. The summed E-state index contributed by atoms with van der Waals surface area (Å²) in [5.74, 6) is 3.42. The third-order valence-corrected chi connectivity index (χ3v) is 4.43. The normalized spacial score (nSPS) is 21.3. The summed E-state index contributed by atoms with van der Waals surface area (Å²) in [6.45, 7) is 4.87. The quantitative estimate of drug-likeness (QED) is 0.734. The highest BCUT2D eigenvalue weighted by molar-refractivity contribution is 14.0. The van der Waals surface area contributed by atoms with Crippen LogP contribution in [0, 0.1) is 12.8 Å². The number of nitrogens with one attached hydrogen (secondary N) is 2. The Morgan fingerprint density at radius 2 is 2.22 bits per heavy atom. The van der Waals surface area contributed by atoms with Gasteiger partial charge in [0.05, 0.1) is 24.5 Å². The Kier molecular flexibility index (Phi) is 4.65. The number of hydrogen-bond acceptors (Lipinski definition) is 5. The number of aliphatic imine (C=N–C) groups is 1. The molecule has 1 saturated carbocycles. The summed E-state index contributed by atoms with van der Waals surface area (Å²) in [5, 5.41) is 11.1. The summed E-state index contributed by atoms with van der Waals surface area (Å²) < 4.78 is 7.70. The zero-order valence-electron chi connectivity index (χ0n) is 13.3. The number of halogens is 1. The van der Waals surface area contributed by atoms with E-state index in [0.717, 1.165) is 29.1 Å². The number of guanidine groups is 1. The number of nitrogens with zero attached hydrogens (tertiary/aromatic N) is 3. The molecule has 0 spiro atoms. The van der Waals surface area contributed by atoms with Gasteiger partial charge in [-0.3, -0.25) is 9.67 Å². The van der Waals surface area contributed by atoms with Crippen molar-refractivity contribution in [1.82, 2.24) is 15.1 Å². The van der Waals surface area contributed by atoms with Crippen molar-refractivity contribution >= 4 is 35.6 Å². The van der Waals surface area contributed by atoms with Crippen LogP contribution in [-0.4, -0.2) is 22.3 Å². The Balaban J connectivity index is 0.00000156. The second-order valence-corrected chi connectivity index (χ2v) is 6.25. The van der Waals surface area contributed by atoms with Crippen LogP contribution in [0.15, 0.2) is 33.9 Å². The molecule has 2 aromatic rings. The standard InChI is InChI=1S/C16H21N5O.HI/c1-10-3-6-15(22-10)14-8-17-16(20-14)19-13-7-18-21(9-13)11(2)12-4-5-12;/h3,6-7,9,11-12,14H,4-5,8H2,1-2H3,(H2,17,19,20);1H. The topological polar surface area (TPSA) is 67.4 Å². The maximum absolute atomic E-state index is 5.65. The molecule has 1 aliphatic heterocycles. The van der Waals surface area contributed by atoms with E-state index in [4.69, 9.17) is 4.42 Å². The first-order valence-electron chi connectivity index (χ1n) is 7.87. The molecule has 4 rings (SSSR count). The van der Waals surface area contributed by atoms with E-state index >= 15 is 0 Å². The maximum Gasteiger partial charge on any atom is 0.196 e. The zero-order valence-corrected chi connectivity index (χ0v) is 15.7. The van der Waals surface area contributed by atoms with E-state index in [-0.39, 0.29) is 30.0 Å². The number of aryl methyl sites for hydroxylation is 1. The van der Waals surface area contributed by atoms with E-state index in [1.54, 1.807) is 0 Å². The van der Waals surface area contributed by atoms with Gasteiger partial charge in [-0.25, -0.2) is 0 Å². The van der Waals surface area contributed by atoms with Gasteiger partial charge < -0.3 is 15.1 Å². The third kappa shape index (κ3) is 3.54. The molecule has 0 bridgehead atoms. The van der Waals surface area contributed by atoms with Gasteiger partial charge in [0.1, 0.15) is 17.6 Å². The lowest BCUT2D eigenvalue weighted by Crippen LogP contribution is -2.28. The number of anilines is 1. The average Bonchev–Trinajstić information content (AvgIpc) is 2.88. The second-order valence-electron chi connectivity index (χ2n) is 6.25. The Morgan fingerprint density at radius 1 is 1.39 bits per heavy atom. The molecule has 0 aromatic carbocycles. The smallest absolute Gasteiger partial charge is 0.196 e. The van der Waals surface area contributed by atoms with Crippen LogP contribution < -0.4 is 10.6 Å². The van der Waals surface area contributed by atoms with Crippen LogP contribution >= 0.6 is 24.0 Å². The van der Waals surface area contributed by atoms with Crippen molar-refractivity contribution in [3.8, 4) is 0 Å². The molecule has 0 saturated heterocycles. The van der Waals surface area contributed by atoms with E-state index in [0.29, 0.717) is 12.6 Å². The van der Waals surface area contributed by atoms with Crippen LogP contribution in [-0.2, 0) is 0 Å². The van der Waals surface area contributed by atoms with E-state index in [2.05, 4.69) is 33.8 Å². The first kappa shape index (κ1) is 16.4. The number of aromatic nitrogens is 2. The van der Waals surface area contributed by atoms with E-state index < -0.39 is 0 Å². The molecular formula is C16H22IN5O. The highest BCUT2D eigenvalue weighted by Crippen LogP contribution is 2.39. The van der Waals surface area contributed by atoms with Gasteiger partial charge >= 0.3 is 0 Å². The minimum Gasteiger partial charge on any atom is -0.464 e. The molecule has 7 heteroatoms. The minimum atomic E-state index is 0. The van der Waals surface area contributed by atoms with Crippen molar-refractivity contribution in [2.45, 2.75) is 38.8 Å². The Bertz CT molecular complexity index is 703. The maximum atomic E-state index is 5.65. The Hall–Kier alpha value is -1.51. The third-order valence-electron chi connectivity index (χ3n) is 4.43. The van der Waals surface area contributed by atoms with Gasteiger partial charge in [-0.2, -0.15) is 5.10 Å². The summed E-state index contributed by atoms with van der Waals surface area (Å²) in [7, 11) is 0. The SMILES string of the molecule is Cc1ccc(C2CN=C(Nc3cnn(C(C)C4CC4)c3)N2)o1.I. The monoisotopic (exact) mass is 427 g/mol. The van der Waals surface area contributed by atoms with Crippen molar-refractivity contribution in [3.05, 3.63) is 36.0 Å². The molecule has 2 unspecified atom stereocenters. The molecule has 2 aromatic heterocycles. The summed E-state index contributed by atoms with van der Waals surface area (Å²) in [5.41, 5.74) is 0.968. The van der Waals surface area contributed by atoms with E-state index in [9.17, 15) is 0 Å². The van der Waals surface area contributed by atoms with Gasteiger partial charge in [0, 0.05) is 6.20 Å². The lowest BCUT2D eigenvalue weighted by molar-refractivity contribution is 0.440. The molecule has 1 fully saturated rings. The van der Waals surface area contributed by atoms with Crippen LogP contribution in [0.25, 0.3) is 0 Å². The fourth-order valence-corrected chi connectivity index (χ4v) is 2.87. The Labute approximate surface area is 152 Å². The molecule has 1 aliphatic carbocycles. The summed E-state index contributed by atoms with van der Waals surface area (Å²) in [4.78, 5) is 4.50. The first-order chi connectivity index (χ1) is 10.7. The summed E-state index contributed by atoms with van der Waals surface area (Å²) >= 11 is 0. The predicted octanol–water partition coefficient (Wildman–Crippen LogP) is 3.49. The fourth-order valence-electron chi connectivity index (χ4n) is 2.87. The molecular weight excluding hydrogens is 405 g/mol. The number of furan rings is 1. The van der Waals surface area contributed by atoms with Crippen molar-refractivity contribution in [2.75, 3.05) is 11.9 Å². The van der Waals surface area contributed by atoms with Gasteiger partial charge in [-0.15, -0.1) is 24.0 Å². The molecule has 0 amide bonds. The van der Waals surface area contributed by atoms with Crippen LogP contribution in [0.2, 0.25) is 0 Å². The van der Waals surface area contributed by atoms with Gasteiger partial charge in [-0.05, 0) is 44.7 Å². The molecule has 6 nitrogen and oxygen atoms in total. The first-order valence-corrected chi connectivity index (χ1v) is 7.87. The van der Waals surface area contributed by atoms with Crippen LogP contribution in [0.4, 0.5) is 5.69 Å². The van der Waals surface area contributed by atoms with Gasteiger partial charge in [0.15, 0.2) is 5.96 Å². The van der Waals surface area contributed by atoms with Crippen molar-refractivity contribution in [2.24, 2.45) is 10.9 Å². The summed E-state index contributed by atoms with van der Waals surface area (Å²) in [6.07, 6.45) is 6.55. The molecule has 3 heterocycles. The lowest BCUT2D eigenvalue weighted by atomic mass is 10.2. The van der Waals surface area contributed by atoms with Crippen LogP contribution in [0.1, 0.15) is 43.4 Å². The highest BCUT2D eigenvalue weighted by atomic mass is 127. The number of hydrogen-bond donors (Lipinski definition) is 2. The zero-order chi connectivity index (χ0) is 15.1. The van der Waals surface area contributed by atoms with Crippen LogP contribution in [0.5, 0.6) is 0 Å². The molecule has 124 valence electrons. The molecule has 0 radical (unpaired) electrons. The minimum absolute atomic E-state index is 0.